The Bertz CT molecular complexity index is 1180. The molecule has 0 spiro atoms. The van der Waals surface area contributed by atoms with Crippen molar-refractivity contribution in [3.63, 3.8) is 0 Å². The summed E-state index contributed by atoms with van der Waals surface area (Å²) in [6.45, 7) is 1.61. The summed E-state index contributed by atoms with van der Waals surface area (Å²) in [7, 11) is -3.94. The first kappa shape index (κ1) is 21.2. The van der Waals surface area contributed by atoms with Crippen LogP contribution in [0.5, 0.6) is 0 Å². The SMILES string of the molecule is C[C@H]1Cc2ccccc2N1C(=O)CN(Cc1ccc(F)cc1)S(=O)(=O)c1ccccc1. The van der Waals surface area contributed by atoms with E-state index in [2.05, 4.69) is 0 Å². The van der Waals surface area contributed by atoms with Gasteiger partial charge in [-0.3, -0.25) is 4.79 Å². The maximum atomic E-state index is 13.4. The van der Waals surface area contributed by atoms with Crippen LogP contribution in [0.1, 0.15) is 18.1 Å². The van der Waals surface area contributed by atoms with Crippen LogP contribution in [0, 0.1) is 5.82 Å². The molecule has 0 unspecified atom stereocenters. The molecule has 0 radical (unpaired) electrons. The Kier molecular flexibility index (Phi) is 5.89. The van der Waals surface area contributed by atoms with E-state index < -0.39 is 15.8 Å². The zero-order valence-electron chi connectivity index (χ0n) is 17.1. The molecule has 1 aliphatic rings. The molecule has 4 rings (SSSR count). The van der Waals surface area contributed by atoms with Gasteiger partial charge in [-0.15, -0.1) is 0 Å². The van der Waals surface area contributed by atoms with Gasteiger partial charge in [0.05, 0.1) is 11.4 Å². The molecule has 1 atom stereocenters. The average molecular weight is 439 g/mol. The van der Waals surface area contributed by atoms with Crippen LogP contribution in [0.4, 0.5) is 10.1 Å². The maximum absolute atomic E-state index is 13.4. The van der Waals surface area contributed by atoms with E-state index in [-0.39, 0.29) is 29.9 Å². The van der Waals surface area contributed by atoms with E-state index in [1.807, 2.05) is 31.2 Å². The summed E-state index contributed by atoms with van der Waals surface area (Å²) in [6.07, 6.45) is 0.727. The lowest BCUT2D eigenvalue weighted by atomic mass is 10.1. The Labute approximate surface area is 181 Å². The number of sulfonamides is 1. The normalized spacial score (nSPS) is 15.8. The van der Waals surface area contributed by atoms with Crippen LogP contribution in [-0.4, -0.2) is 31.2 Å². The number of anilines is 1. The minimum absolute atomic E-state index is 0.0346. The van der Waals surface area contributed by atoms with E-state index in [9.17, 15) is 17.6 Å². The zero-order chi connectivity index (χ0) is 22.0. The number of nitrogens with zero attached hydrogens (tertiary/aromatic N) is 2. The number of carbonyl (C=O) groups excluding carboxylic acids is 1. The fourth-order valence-electron chi connectivity index (χ4n) is 3.93. The van der Waals surface area contributed by atoms with Crippen LogP contribution in [0.3, 0.4) is 0 Å². The quantitative estimate of drug-likeness (QED) is 0.585. The van der Waals surface area contributed by atoms with Crippen molar-refractivity contribution in [2.45, 2.75) is 30.8 Å². The highest BCUT2D eigenvalue weighted by molar-refractivity contribution is 7.89. The van der Waals surface area contributed by atoms with Gasteiger partial charge in [-0.25, -0.2) is 12.8 Å². The Balaban J connectivity index is 1.66. The topological polar surface area (TPSA) is 57.7 Å². The van der Waals surface area contributed by atoms with E-state index in [0.717, 1.165) is 22.0 Å². The summed E-state index contributed by atoms with van der Waals surface area (Å²) in [4.78, 5) is 15.1. The molecule has 0 aromatic heterocycles. The van der Waals surface area contributed by atoms with E-state index in [1.54, 1.807) is 23.1 Å². The van der Waals surface area contributed by atoms with Crippen LogP contribution in [0.2, 0.25) is 0 Å². The lowest BCUT2D eigenvalue weighted by Gasteiger charge is -2.27. The van der Waals surface area contributed by atoms with Crippen molar-refractivity contribution in [2.75, 3.05) is 11.4 Å². The molecule has 160 valence electrons. The molecule has 1 heterocycles. The highest BCUT2D eigenvalue weighted by Gasteiger charge is 2.34. The Morgan fingerprint density at radius 2 is 1.65 bits per heavy atom. The molecule has 31 heavy (non-hydrogen) atoms. The third-order valence-corrected chi connectivity index (χ3v) is 7.25. The molecule has 1 aliphatic heterocycles. The van der Waals surface area contributed by atoms with Gasteiger partial charge in [-0.05, 0) is 54.8 Å². The molecule has 7 heteroatoms. The van der Waals surface area contributed by atoms with Gasteiger partial charge in [0, 0.05) is 18.3 Å². The van der Waals surface area contributed by atoms with Crippen LogP contribution < -0.4 is 4.90 Å². The number of para-hydroxylation sites is 1. The first-order chi connectivity index (χ1) is 14.9. The average Bonchev–Trinajstić information content (AvgIpc) is 3.11. The summed E-state index contributed by atoms with van der Waals surface area (Å²) in [5.74, 6) is -0.696. The first-order valence-corrected chi connectivity index (χ1v) is 11.5. The second-order valence-electron chi connectivity index (χ2n) is 7.66. The predicted molar refractivity (Wildman–Crippen MR) is 118 cm³/mol. The van der Waals surface area contributed by atoms with E-state index in [4.69, 9.17) is 0 Å². The minimum Gasteiger partial charge on any atom is -0.308 e. The summed E-state index contributed by atoms with van der Waals surface area (Å²) >= 11 is 0. The number of fused-ring (bicyclic) bond motifs is 1. The largest absolute Gasteiger partial charge is 0.308 e. The third kappa shape index (κ3) is 4.38. The summed E-state index contributed by atoms with van der Waals surface area (Å²) < 4.78 is 41.2. The fourth-order valence-corrected chi connectivity index (χ4v) is 5.33. The van der Waals surface area contributed by atoms with Crippen LogP contribution in [-0.2, 0) is 27.8 Å². The monoisotopic (exact) mass is 438 g/mol. The molecule has 1 amide bonds. The Morgan fingerprint density at radius 3 is 2.35 bits per heavy atom. The van der Waals surface area contributed by atoms with Gasteiger partial charge in [0.25, 0.3) is 0 Å². The van der Waals surface area contributed by atoms with Crippen LogP contribution >= 0.6 is 0 Å². The van der Waals surface area contributed by atoms with Crippen molar-refractivity contribution < 1.29 is 17.6 Å². The molecule has 5 nitrogen and oxygen atoms in total. The lowest BCUT2D eigenvalue weighted by Crippen LogP contribution is -2.44. The van der Waals surface area contributed by atoms with Gasteiger partial charge < -0.3 is 4.90 Å². The van der Waals surface area contributed by atoms with Crippen molar-refractivity contribution in [1.29, 1.82) is 0 Å². The minimum atomic E-state index is -3.94. The second kappa shape index (κ2) is 8.61. The van der Waals surface area contributed by atoms with Gasteiger partial charge in [-0.2, -0.15) is 4.31 Å². The van der Waals surface area contributed by atoms with Gasteiger partial charge >= 0.3 is 0 Å². The summed E-state index contributed by atoms with van der Waals surface area (Å²) in [6, 6.07) is 21.3. The van der Waals surface area contributed by atoms with Gasteiger partial charge in [-0.1, -0.05) is 48.5 Å². The number of hydrogen-bond donors (Lipinski definition) is 0. The van der Waals surface area contributed by atoms with Crippen LogP contribution in [0.25, 0.3) is 0 Å². The smallest absolute Gasteiger partial charge is 0.243 e. The third-order valence-electron chi connectivity index (χ3n) is 5.44. The summed E-state index contributed by atoms with van der Waals surface area (Å²) in [5, 5.41) is 0. The maximum Gasteiger partial charge on any atom is 0.243 e. The van der Waals surface area contributed by atoms with E-state index in [0.29, 0.717) is 5.56 Å². The van der Waals surface area contributed by atoms with Crippen molar-refractivity contribution in [1.82, 2.24) is 4.31 Å². The van der Waals surface area contributed by atoms with Crippen molar-refractivity contribution in [3.8, 4) is 0 Å². The number of benzene rings is 3. The van der Waals surface area contributed by atoms with Crippen molar-refractivity contribution >= 4 is 21.6 Å². The molecule has 0 bridgehead atoms. The molecule has 0 saturated carbocycles. The second-order valence-corrected chi connectivity index (χ2v) is 9.60. The Morgan fingerprint density at radius 1 is 1.00 bits per heavy atom. The molecule has 3 aromatic rings. The molecule has 3 aromatic carbocycles. The molecular formula is C24H23FN2O3S. The number of amides is 1. The van der Waals surface area contributed by atoms with E-state index in [1.165, 1.54) is 36.4 Å². The number of rotatable bonds is 6. The number of carbonyl (C=O) groups is 1. The van der Waals surface area contributed by atoms with Gasteiger partial charge in [0.15, 0.2) is 0 Å². The lowest BCUT2D eigenvalue weighted by molar-refractivity contribution is -0.119. The molecule has 0 fully saturated rings. The molecular weight excluding hydrogens is 415 g/mol. The van der Waals surface area contributed by atoms with Crippen molar-refractivity contribution in [3.05, 3.63) is 95.8 Å². The highest BCUT2D eigenvalue weighted by atomic mass is 32.2. The fraction of sp³-hybridized carbons (Fsp3) is 0.208. The molecule has 0 aliphatic carbocycles. The van der Waals surface area contributed by atoms with E-state index >= 15 is 0 Å². The van der Waals surface area contributed by atoms with Gasteiger partial charge in [0.2, 0.25) is 15.9 Å². The first-order valence-electron chi connectivity index (χ1n) is 10.1. The number of hydrogen-bond acceptors (Lipinski definition) is 3. The number of halogens is 1. The van der Waals surface area contributed by atoms with Crippen molar-refractivity contribution in [2.24, 2.45) is 0 Å². The Hall–Kier alpha value is -3.03. The molecule has 0 saturated heterocycles. The van der Waals surface area contributed by atoms with Gasteiger partial charge in [0.1, 0.15) is 5.82 Å². The standard InChI is InChI=1S/C24H23FN2O3S/c1-18-15-20-7-5-6-10-23(20)27(18)24(28)17-26(16-19-11-13-21(25)14-12-19)31(29,30)22-8-3-2-4-9-22/h2-14,18H,15-17H2,1H3/t18-/m0/s1. The molecule has 0 N–H and O–H groups in total. The zero-order valence-corrected chi connectivity index (χ0v) is 17.9. The summed E-state index contributed by atoms with van der Waals surface area (Å²) in [5.41, 5.74) is 2.49. The van der Waals surface area contributed by atoms with Crippen LogP contribution in [0.15, 0.2) is 83.8 Å². The highest BCUT2D eigenvalue weighted by Crippen LogP contribution is 2.32. The predicted octanol–water partition coefficient (Wildman–Crippen LogP) is 3.99.